The van der Waals surface area contributed by atoms with Crippen molar-refractivity contribution in [2.75, 3.05) is 4.90 Å². The molecule has 2 amide bonds. The number of halogens is 1. The number of carbonyl (C=O) groups excluding carboxylic acids is 2. The number of rotatable bonds is 5. The molecular formula is C25H23ClN2O4S. The molecule has 1 heterocycles. The first-order valence-electron chi connectivity index (χ1n) is 10.6. The molecule has 1 aliphatic heterocycles. The Hall–Kier alpha value is -3.16. The number of nitrogens with zero attached hydrogens (tertiary/aromatic N) is 1. The molecule has 1 atom stereocenters. The zero-order valence-electron chi connectivity index (χ0n) is 18.2. The summed E-state index contributed by atoms with van der Waals surface area (Å²) in [4.78, 5) is 27.7. The van der Waals surface area contributed by atoms with Crippen molar-refractivity contribution >= 4 is 38.9 Å². The summed E-state index contributed by atoms with van der Waals surface area (Å²) in [5.74, 6) is -0.785. The normalized spacial score (nSPS) is 15.2. The van der Waals surface area contributed by atoms with Gasteiger partial charge in [-0.15, -0.1) is 0 Å². The van der Waals surface area contributed by atoms with Crippen LogP contribution in [0, 0.1) is 0 Å². The second-order valence-corrected chi connectivity index (χ2v) is 10.3. The molecule has 3 aromatic rings. The number of amides is 2. The van der Waals surface area contributed by atoms with Gasteiger partial charge in [-0.25, -0.2) is 8.42 Å². The van der Waals surface area contributed by atoms with Gasteiger partial charge in [0.1, 0.15) is 0 Å². The summed E-state index contributed by atoms with van der Waals surface area (Å²) < 4.78 is 27.0. The summed E-state index contributed by atoms with van der Waals surface area (Å²) in [7, 11) is -3.99. The van der Waals surface area contributed by atoms with Gasteiger partial charge in [0.05, 0.1) is 27.6 Å². The molecule has 0 radical (unpaired) electrons. The lowest BCUT2D eigenvalue weighted by Crippen LogP contribution is -2.33. The van der Waals surface area contributed by atoms with E-state index in [4.69, 9.17) is 11.6 Å². The molecule has 0 saturated carbocycles. The van der Waals surface area contributed by atoms with Crippen LogP contribution < -0.4 is 10.2 Å². The minimum absolute atomic E-state index is 0.0187. The van der Waals surface area contributed by atoms with Crippen LogP contribution in [0.3, 0.4) is 0 Å². The number of fused-ring (bicyclic) bond motifs is 2. The van der Waals surface area contributed by atoms with Gasteiger partial charge in [0.15, 0.2) is 0 Å². The quantitative estimate of drug-likeness (QED) is 0.562. The Labute approximate surface area is 198 Å². The average Bonchev–Trinajstić information content (AvgIpc) is 2.88. The van der Waals surface area contributed by atoms with Crippen LogP contribution in [0.4, 0.5) is 5.69 Å². The van der Waals surface area contributed by atoms with E-state index >= 15 is 0 Å². The fourth-order valence-corrected chi connectivity index (χ4v) is 5.44. The fourth-order valence-electron chi connectivity index (χ4n) is 3.69. The Morgan fingerprint density at radius 2 is 1.73 bits per heavy atom. The molecule has 0 unspecified atom stereocenters. The molecular weight excluding hydrogens is 460 g/mol. The van der Waals surface area contributed by atoms with Crippen molar-refractivity contribution in [2.24, 2.45) is 0 Å². The Balaban J connectivity index is 1.90. The number of carbonyl (C=O) groups is 2. The number of nitrogens with one attached hydrogen (secondary N) is 1. The van der Waals surface area contributed by atoms with Gasteiger partial charge in [-0.2, -0.15) is 0 Å². The van der Waals surface area contributed by atoms with Crippen molar-refractivity contribution in [3.8, 4) is 0 Å². The van der Waals surface area contributed by atoms with E-state index < -0.39 is 15.7 Å². The summed E-state index contributed by atoms with van der Waals surface area (Å²) in [6.07, 6.45) is 0.752. The third-order valence-electron chi connectivity index (χ3n) is 5.70. The van der Waals surface area contributed by atoms with Crippen LogP contribution in [-0.4, -0.2) is 26.3 Å². The first-order valence-corrected chi connectivity index (χ1v) is 12.4. The SMILES string of the molecule is CC[C@H](C)NC(=O)c1ccc2c(c1)N(Cc1ccc(Cl)cc1)C(=O)c1ccccc1S2(=O)=O. The number of anilines is 1. The van der Waals surface area contributed by atoms with E-state index in [9.17, 15) is 18.0 Å². The fraction of sp³-hybridized carbons (Fsp3) is 0.200. The van der Waals surface area contributed by atoms with Gasteiger partial charge in [0.2, 0.25) is 9.84 Å². The minimum atomic E-state index is -3.99. The highest BCUT2D eigenvalue weighted by Crippen LogP contribution is 2.38. The maximum Gasteiger partial charge on any atom is 0.259 e. The van der Waals surface area contributed by atoms with Crippen LogP contribution in [-0.2, 0) is 16.4 Å². The smallest absolute Gasteiger partial charge is 0.259 e. The number of hydrogen-bond acceptors (Lipinski definition) is 4. The molecule has 8 heteroatoms. The molecule has 0 aromatic heterocycles. The largest absolute Gasteiger partial charge is 0.350 e. The Kier molecular flexibility index (Phi) is 6.28. The molecule has 1 N–H and O–H groups in total. The molecule has 3 aromatic carbocycles. The number of hydrogen-bond donors (Lipinski definition) is 1. The maximum absolute atomic E-state index is 13.6. The highest BCUT2D eigenvalue weighted by Gasteiger charge is 2.36. The van der Waals surface area contributed by atoms with Gasteiger partial charge < -0.3 is 10.2 Å². The van der Waals surface area contributed by atoms with Crippen LogP contribution in [0.1, 0.15) is 46.5 Å². The highest BCUT2D eigenvalue weighted by molar-refractivity contribution is 7.91. The molecule has 4 rings (SSSR count). The van der Waals surface area contributed by atoms with E-state index in [0.717, 1.165) is 12.0 Å². The van der Waals surface area contributed by atoms with E-state index in [2.05, 4.69) is 5.32 Å². The van der Waals surface area contributed by atoms with Crippen LogP contribution in [0.15, 0.2) is 76.5 Å². The van der Waals surface area contributed by atoms with Gasteiger partial charge in [0.25, 0.3) is 11.8 Å². The third kappa shape index (κ3) is 4.38. The topological polar surface area (TPSA) is 83.6 Å². The van der Waals surface area contributed by atoms with Crippen molar-refractivity contribution in [2.45, 2.75) is 42.6 Å². The lowest BCUT2D eigenvalue weighted by atomic mass is 10.1. The van der Waals surface area contributed by atoms with Crippen LogP contribution in [0.25, 0.3) is 0 Å². The van der Waals surface area contributed by atoms with E-state index in [1.165, 1.54) is 35.2 Å². The van der Waals surface area contributed by atoms with Gasteiger partial charge in [-0.1, -0.05) is 42.8 Å². The van der Waals surface area contributed by atoms with Crippen LogP contribution in [0.2, 0.25) is 5.02 Å². The van der Waals surface area contributed by atoms with Gasteiger partial charge in [-0.3, -0.25) is 9.59 Å². The molecule has 0 bridgehead atoms. The Morgan fingerprint density at radius 3 is 2.42 bits per heavy atom. The predicted octanol–water partition coefficient (Wildman–Crippen LogP) is 4.86. The van der Waals surface area contributed by atoms with E-state index in [1.807, 2.05) is 13.8 Å². The minimum Gasteiger partial charge on any atom is -0.350 e. The number of sulfone groups is 1. The van der Waals surface area contributed by atoms with Crippen LogP contribution >= 0.6 is 11.6 Å². The molecule has 33 heavy (non-hydrogen) atoms. The van der Waals surface area contributed by atoms with Crippen molar-refractivity contribution in [3.63, 3.8) is 0 Å². The molecule has 0 spiro atoms. The maximum atomic E-state index is 13.6. The van der Waals surface area contributed by atoms with Crippen molar-refractivity contribution in [3.05, 3.63) is 88.4 Å². The monoisotopic (exact) mass is 482 g/mol. The highest BCUT2D eigenvalue weighted by atomic mass is 35.5. The van der Waals surface area contributed by atoms with Crippen molar-refractivity contribution in [1.29, 1.82) is 0 Å². The Bertz CT molecular complexity index is 1340. The summed E-state index contributed by atoms with van der Waals surface area (Å²) in [6, 6.07) is 17.4. The zero-order valence-corrected chi connectivity index (χ0v) is 19.8. The van der Waals surface area contributed by atoms with Gasteiger partial charge in [0, 0.05) is 16.6 Å². The molecule has 0 aliphatic carbocycles. The Morgan fingerprint density at radius 1 is 1.03 bits per heavy atom. The standard InChI is InChI=1S/C25H23ClN2O4S/c1-3-16(2)27-24(29)18-10-13-23-21(14-18)28(15-17-8-11-19(26)12-9-17)25(30)20-6-4-5-7-22(20)33(23,31)32/h4-14,16H,3,15H2,1-2H3,(H,27,29)/t16-/m0/s1. The van der Waals surface area contributed by atoms with Crippen molar-refractivity contribution < 1.29 is 18.0 Å². The van der Waals surface area contributed by atoms with E-state index in [-0.39, 0.29) is 45.1 Å². The van der Waals surface area contributed by atoms with E-state index in [1.54, 1.807) is 36.4 Å². The van der Waals surface area contributed by atoms with Crippen molar-refractivity contribution in [1.82, 2.24) is 5.32 Å². The average molecular weight is 483 g/mol. The first kappa shape index (κ1) is 23.0. The summed E-state index contributed by atoms with van der Waals surface area (Å²) in [5.41, 5.74) is 1.31. The lowest BCUT2D eigenvalue weighted by molar-refractivity contribution is 0.0936. The summed E-state index contributed by atoms with van der Waals surface area (Å²) in [5, 5.41) is 3.44. The van der Waals surface area contributed by atoms with Crippen LogP contribution in [0.5, 0.6) is 0 Å². The summed E-state index contributed by atoms with van der Waals surface area (Å²) in [6.45, 7) is 3.96. The zero-order chi connectivity index (χ0) is 23.8. The predicted molar refractivity (Wildman–Crippen MR) is 128 cm³/mol. The molecule has 6 nitrogen and oxygen atoms in total. The second-order valence-electron chi connectivity index (χ2n) is 7.98. The molecule has 0 fully saturated rings. The van der Waals surface area contributed by atoms with Gasteiger partial charge in [-0.05, 0) is 61.4 Å². The second kappa shape index (κ2) is 9.00. The summed E-state index contributed by atoms with van der Waals surface area (Å²) >= 11 is 6.00. The molecule has 0 saturated heterocycles. The van der Waals surface area contributed by atoms with E-state index in [0.29, 0.717) is 5.02 Å². The first-order chi connectivity index (χ1) is 15.7. The molecule has 1 aliphatic rings. The lowest BCUT2D eigenvalue weighted by Gasteiger charge is -2.24. The molecule has 170 valence electrons. The van der Waals surface area contributed by atoms with Gasteiger partial charge >= 0.3 is 0 Å². The number of benzene rings is 3. The third-order valence-corrected chi connectivity index (χ3v) is 7.81.